The van der Waals surface area contributed by atoms with E-state index in [-0.39, 0.29) is 34.8 Å². The molecule has 0 aliphatic rings. The average Bonchev–Trinajstić information content (AvgIpc) is 2.75. The fourth-order valence-electron chi connectivity index (χ4n) is 2.83. The van der Waals surface area contributed by atoms with Crippen molar-refractivity contribution < 1.29 is 40.6 Å². The molecule has 0 aromatic heterocycles. The van der Waals surface area contributed by atoms with Gasteiger partial charge in [-0.15, -0.1) is 0 Å². The average molecular weight is 456 g/mol. The molecule has 0 aliphatic heterocycles. The maximum Gasteiger partial charge on any atom is 0.432 e. The predicted molar refractivity (Wildman–Crippen MR) is 105 cm³/mol. The summed E-state index contributed by atoms with van der Waals surface area (Å²) in [7, 11) is 0. The lowest BCUT2D eigenvalue weighted by molar-refractivity contribution is -0.195. The van der Waals surface area contributed by atoms with Gasteiger partial charge in [0, 0.05) is 5.56 Å². The molecule has 0 saturated carbocycles. The molecular weight excluding hydrogens is 438 g/mol. The Morgan fingerprint density at radius 3 is 1.97 bits per heavy atom. The second kappa shape index (κ2) is 9.42. The van der Waals surface area contributed by atoms with Gasteiger partial charge >= 0.3 is 6.11 Å². The molecule has 0 aliphatic carbocycles. The summed E-state index contributed by atoms with van der Waals surface area (Å²) >= 11 is 0. The lowest BCUT2D eigenvalue weighted by Crippen LogP contribution is -2.32. The SMILES string of the molecule is CCOc1ccc(-c2ccc(OC(F)(F)COc3ccc(C)c(F)c3F)cc2)c(F)c1F. The Balaban J connectivity index is 1.70. The van der Waals surface area contributed by atoms with Gasteiger partial charge in [-0.1, -0.05) is 18.2 Å². The molecule has 170 valence electrons. The van der Waals surface area contributed by atoms with E-state index in [4.69, 9.17) is 4.74 Å². The molecule has 0 unspecified atom stereocenters. The zero-order valence-corrected chi connectivity index (χ0v) is 17.0. The van der Waals surface area contributed by atoms with E-state index in [9.17, 15) is 26.3 Å². The molecule has 0 N–H and O–H groups in total. The molecule has 0 radical (unpaired) electrons. The van der Waals surface area contributed by atoms with Crippen LogP contribution >= 0.6 is 0 Å². The van der Waals surface area contributed by atoms with Crippen LogP contribution < -0.4 is 14.2 Å². The van der Waals surface area contributed by atoms with Crippen molar-refractivity contribution in [2.45, 2.75) is 20.0 Å². The van der Waals surface area contributed by atoms with Gasteiger partial charge < -0.3 is 14.2 Å². The fraction of sp³-hybridized carbons (Fsp3) is 0.217. The first-order valence-electron chi connectivity index (χ1n) is 9.48. The standard InChI is InChI=1S/C23H18F6O3/c1-3-30-17-11-9-16(20(25)22(17)27)14-5-7-15(8-6-14)32-23(28,29)12-31-18-10-4-13(2)19(24)21(18)26/h4-11H,3,12H2,1-2H3. The van der Waals surface area contributed by atoms with Crippen LogP contribution in [0.1, 0.15) is 12.5 Å². The molecule has 3 rings (SSSR count). The highest BCUT2D eigenvalue weighted by Crippen LogP contribution is 2.32. The second-order valence-electron chi connectivity index (χ2n) is 6.73. The summed E-state index contributed by atoms with van der Waals surface area (Å²) in [5.41, 5.74) is 0.125. The number of hydrogen-bond acceptors (Lipinski definition) is 3. The Labute approximate surface area is 180 Å². The minimum Gasteiger partial charge on any atom is -0.491 e. The van der Waals surface area contributed by atoms with Gasteiger partial charge in [0.05, 0.1) is 6.61 Å². The first-order chi connectivity index (χ1) is 15.1. The topological polar surface area (TPSA) is 27.7 Å². The van der Waals surface area contributed by atoms with Crippen LogP contribution in [0.4, 0.5) is 26.3 Å². The second-order valence-corrected chi connectivity index (χ2v) is 6.73. The van der Waals surface area contributed by atoms with E-state index in [1.807, 2.05) is 0 Å². The van der Waals surface area contributed by atoms with E-state index in [2.05, 4.69) is 9.47 Å². The van der Waals surface area contributed by atoms with Crippen LogP contribution in [0.5, 0.6) is 17.2 Å². The van der Waals surface area contributed by atoms with Crippen molar-refractivity contribution in [2.75, 3.05) is 13.2 Å². The van der Waals surface area contributed by atoms with Crippen molar-refractivity contribution in [3.63, 3.8) is 0 Å². The quantitative estimate of drug-likeness (QED) is 0.355. The minimum atomic E-state index is -3.88. The van der Waals surface area contributed by atoms with Gasteiger partial charge in [-0.25, -0.2) is 8.78 Å². The third kappa shape index (κ3) is 5.09. The van der Waals surface area contributed by atoms with E-state index in [0.717, 1.165) is 18.2 Å². The van der Waals surface area contributed by atoms with Gasteiger partial charge in [0.1, 0.15) is 5.75 Å². The van der Waals surface area contributed by atoms with Crippen molar-refractivity contribution in [3.05, 3.63) is 77.4 Å². The molecule has 3 aromatic rings. The summed E-state index contributed by atoms with van der Waals surface area (Å²) in [6, 6.07) is 9.57. The Morgan fingerprint density at radius 2 is 1.31 bits per heavy atom. The molecule has 0 atom stereocenters. The number of ether oxygens (including phenoxy) is 3. The number of rotatable bonds is 8. The van der Waals surface area contributed by atoms with E-state index < -0.39 is 41.7 Å². The number of alkyl halides is 2. The molecule has 3 nitrogen and oxygen atoms in total. The van der Waals surface area contributed by atoms with Gasteiger partial charge in [0.15, 0.2) is 29.7 Å². The van der Waals surface area contributed by atoms with Crippen LogP contribution in [0.25, 0.3) is 11.1 Å². The van der Waals surface area contributed by atoms with Crippen LogP contribution in [-0.2, 0) is 0 Å². The molecular formula is C23H18F6O3. The highest BCUT2D eigenvalue weighted by Gasteiger charge is 2.34. The number of benzene rings is 3. The Bertz CT molecular complexity index is 1100. The first kappa shape index (κ1) is 23.3. The molecule has 0 amide bonds. The first-order valence-corrected chi connectivity index (χ1v) is 9.48. The van der Waals surface area contributed by atoms with Crippen LogP contribution in [0, 0.1) is 30.2 Å². The lowest BCUT2D eigenvalue weighted by atomic mass is 10.0. The van der Waals surface area contributed by atoms with Gasteiger partial charge in [0.2, 0.25) is 11.6 Å². The van der Waals surface area contributed by atoms with Crippen molar-refractivity contribution in [3.8, 4) is 28.4 Å². The lowest BCUT2D eigenvalue weighted by Gasteiger charge is -2.19. The monoisotopic (exact) mass is 456 g/mol. The Hall–Kier alpha value is -3.36. The van der Waals surface area contributed by atoms with E-state index in [1.54, 1.807) is 6.92 Å². The van der Waals surface area contributed by atoms with Crippen molar-refractivity contribution >= 4 is 0 Å². The zero-order chi connectivity index (χ0) is 23.5. The van der Waals surface area contributed by atoms with Crippen LogP contribution in [0.3, 0.4) is 0 Å². The van der Waals surface area contributed by atoms with Gasteiger partial charge in [-0.2, -0.15) is 17.6 Å². The largest absolute Gasteiger partial charge is 0.491 e. The third-order valence-electron chi connectivity index (χ3n) is 4.41. The summed E-state index contributed by atoms with van der Waals surface area (Å²) in [6.45, 7) is 1.72. The van der Waals surface area contributed by atoms with Crippen LogP contribution in [0.2, 0.25) is 0 Å². The smallest absolute Gasteiger partial charge is 0.432 e. The minimum absolute atomic E-state index is 0.00166. The normalized spacial score (nSPS) is 11.4. The number of halogens is 6. The summed E-state index contributed by atoms with van der Waals surface area (Å²) in [4.78, 5) is 0. The Morgan fingerprint density at radius 1 is 0.719 bits per heavy atom. The number of hydrogen-bond donors (Lipinski definition) is 0. The van der Waals surface area contributed by atoms with Crippen molar-refractivity contribution in [2.24, 2.45) is 0 Å². The third-order valence-corrected chi connectivity index (χ3v) is 4.41. The summed E-state index contributed by atoms with van der Waals surface area (Å²) in [6.07, 6.45) is -3.88. The highest BCUT2D eigenvalue weighted by atomic mass is 19.3. The zero-order valence-electron chi connectivity index (χ0n) is 17.0. The molecule has 0 heterocycles. The van der Waals surface area contributed by atoms with E-state index >= 15 is 0 Å². The van der Waals surface area contributed by atoms with E-state index in [1.165, 1.54) is 37.3 Å². The molecule has 3 aromatic carbocycles. The molecule has 0 spiro atoms. The molecule has 9 heteroatoms. The van der Waals surface area contributed by atoms with Crippen LogP contribution in [0.15, 0.2) is 48.5 Å². The van der Waals surface area contributed by atoms with Crippen LogP contribution in [-0.4, -0.2) is 19.3 Å². The fourth-order valence-corrected chi connectivity index (χ4v) is 2.83. The van der Waals surface area contributed by atoms with Gasteiger partial charge in [0.25, 0.3) is 0 Å². The molecule has 0 fully saturated rings. The van der Waals surface area contributed by atoms with Crippen molar-refractivity contribution in [1.82, 2.24) is 0 Å². The summed E-state index contributed by atoms with van der Waals surface area (Å²) in [5.74, 6) is -6.10. The van der Waals surface area contributed by atoms with E-state index in [0.29, 0.717) is 0 Å². The van der Waals surface area contributed by atoms with Crippen molar-refractivity contribution in [1.29, 1.82) is 0 Å². The number of aryl methyl sites for hydroxylation is 1. The molecule has 32 heavy (non-hydrogen) atoms. The highest BCUT2D eigenvalue weighted by molar-refractivity contribution is 5.66. The maximum absolute atomic E-state index is 14.3. The Kier molecular flexibility index (Phi) is 6.86. The maximum atomic E-state index is 14.3. The summed E-state index contributed by atoms with van der Waals surface area (Å²) in [5, 5.41) is 0. The summed E-state index contributed by atoms with van der Waals surface area (Å²) < 4.78 is 98.0. The van der Waals surface area contributed by atoms with Gasteiger partial charge in [-0.05, 0) is 55.3 Å². The molecule has 0 saturated heterocycles. The van der Waals surface area contributed by atoms with Gasteiger partial charge in [-0.3, -0.25) is 0 Å². The molecule has 0 bridgehead atoms. The predicted octanol–water partition coefficient (Wildman–Crippen LogP) is 6.67.